The van der Waals surface area contributed by atoms with Gasteiger partial charge in [0.25, 0.3) is 0 Å². The average molecular weight is 153 g/mol. The lowest BCUT2D eigenvalue weighted by atomic mass is 10.2. The quantitative estimate of drug-likeness (QED) is 0.528. The summed E-state index contributed by atoms with van der Waals surface area (Å²) in [6.45, 7) is 3.86. The monoisotopic (exact) mass is 153 g/mol. The Labute approximate surface area is 67.5 Å². The van der Waals surface area contributed by atoms with E-state index >= 15 is 0 Å². The van der Waals surface area contributed by atoms with Crippen LogP contribution < -0.4 is 16.2 Å². The molecule has 0 atom stereocenters. The van der Waals surface area contributed by atoms with E-state index in [2.05, 4.69) is 35.2 Å². The van der Waals surface area contributed by atoms with Gasteiger partial charge in [0.05, 0.1) is 0 Å². The van der Waals surface area contributed by atoms with Crippen LogP contribution >= 0.6 is 0 Å². The molecular formula is C8H15N3. The second kappa shape index (κ2) is 4.16. The molecule has 0 aliphatic carbocycles. The van der Waals surface area contributed by atoms with Crippen LogP contribution in [0.4, 0.5) is 0 Å². The molecule has 1 aliphatic heterocycles. The third kappa shape index (κ3) is 2.74. The second-order valence-corrected chi connectivity index (χ2v) is 2.65. The Bertz CT molecular complexity index is 178. The molecule has 1 aliphatic rings. The lowest BCUT2D eigenvalue weighted by molar-refractivity contribution is 0.627. The van der Waals surface area contributed by atoms with Gasteiger partial charge in [0.1, 0.15) is 0 Å². The van der Waals surface area contributed by atoms with E-state index in [4.69, 9.17) is 0 Å². The van der Waals surface area contributed by atoms with Crippen LogP contribution in [-0.2, 0) is 0 Å². The van der Waals surface area contributed by atoms with E-state index in [9.17, 15) is 0 Å². The van der Waals surface area contributed by atoms with Gasteiger partial charge in [0, 0.05) is 18.8 Å². The number of hydrogen-bond donors (Lipinski definition) is 3. The Morgan fingerprint density at radius 2 is 2.45 bits per heavy atom. The van der Waals surface area contributed by atoms with Crippen molar-refractivity contribution >= 4 is 0 Å². The summed E-state index contributed by atoms with van der Waals surface area (Å²) in [7, 11) is 1.94. The van der Waals surface area contributed by atoms with Crippen molar-refractivity contribution in [2.45, 2.75) is 6.92 Å². The first kappa shape index (κ1) is 8.30. The van der Waals surface area contributed by atoms with Crippen LogP contribution in [0.5, 0.6) is 0 Å². The third-order valence-corrected chi connectivity index (χ3v) is 1.54. The zero-order valence-corrected chi connectivity index (χ0v) is 7.07. The van der Waals surface area contributed by atoms with Crippen LogP contribution in [0.3, 0.4) is 0 Å². The van der Waals surface area contributed by atoms with E-state index in [0.717, 1.165) is 13.1 Å². The molecular weight excluding hydrogens is 138 g/mol. The maximum absolute atomic E-state index is 3.11. The third-order valence-electron chi connectivity index (χ3n) is 1.54. The predicted molar refractivity (Wildman–Crippen MR) is 46.9 cm³/mol. The van der Waals surface area contributed by atoms with Gasteiger partial charge >= 0.3 is 0 Å². The maximum atomic E-state index is 3.11. The fraction of sp³-hybridized carbons (Fsp3) is 0.500. The van der Waals surface area contributed by atoms with Crippen molar-refractivity contribution in [2.24, 2.45) is 0 Å². The molecule has 0 amide bonds. The molecule has 0 bridgehead atoms. The minimum atomic E-state index is 0.873. The lowest BCUT2D eigenvalue weighted by Gasteiger charge is -2.07. The van der Waals surface area contributed by atoms with Crippen LogP contribution in [0.2, 0.25) is 0 Å². The normalized spacial score (nSPS) is 18.0. The molecule has 1 rings (SSSR count). The Hall–Kier alpha value is -0.800. The molecule has 0 spiro atoms. The summed E-state index contributed by atoms with van der Waals surface area (Å²) in [5, 5.41) is 3.09. The van der Waals surface area contributed by atoms with Crippen LogP contribution in [0.25, 0.3) is 0 Å². The zero-order chi connectivity index (χ0) is 8.10. The van der Waals surface area contributed by atoms with Gasteiger partial charge in [-0.2, -0.15) is 0 Å². The molecule has 0 aromatic rings. The van der Waals surface area contributed by atoms with Crippen molar-refractivity contribution in [3.63, 3.8) is 0 Å². The van der Waals surface area contributed by atoms with E-state index in [-0.39, 0.29) is 0 Å². The van der Waals surface area contributed by atoms with Gasteiger partial charge in [0.15, 0.2) is 0 Å². The first-order valence-electron chi connectivity index (χ1n) is 3.83. The molecule has 11 heavy (non-hydrogen) atoms. The van der Waals surface area contributed by atoms with Crippen LogP contribution in [0, 0.1) is 0 Å². The molecule has 0 saturated heterocycles. The summed E-state index contributed by atoms with van der Waals surface area (Å²) in [4.78, 5) is 0. The topological polar surface area (TPSA) is 36.1 Å². The minimum absolute atomic E-state index is 0.873. The van der Waals surface area contributed by atoms with Gasteiger partial charge in [-0.25, -0.2) is 5.43 Å². The molecule has 0 radical (unpaired) electrons. The van der Waals surface area contributed by atoms with Crippen molar-refractivity contribution in [3.8, 4) is 0 Å². The van der Waals surface area contributed by atoms with Crippen LogP contribution in [0.1, 0.15) is 6.92 Å². The van der Waals surface area contributed by atoms with E-state index in [1.54, 1.807) is 0 Å². The van der Waals surface area contributed by atoms with E-state index in [0.29, 0.717) is 0 Å². The zero-order valence-electron chi connectivity index (χ0n) is 7.07. The highest BCUT2D eigenvalue weighted by Gasteiger charge is 1.97. The number of hydrazine groups is 1. The van der Waals surface area contributed by atoms with Crippen molar-refractivity contribution in [1.29, 1.82) is 0 Å². The average Bonchev–Trinajstić information content (AvgIpc) is 2.15. The van der Waals surface area contributed by atoms with Gasteiger partial charge in [-0.05, 0) is 20.0 Å². The highest BCUT2D eigenvalue weighted by atomic mass is 15.4. The van der Waals surface area contributed by atoms with Crippen molar-refractivity contribution < 1.29 is 0 Å². The lowest BCUT2D eigenvalue weighted by Crippen LogP contribution is -2.33. The first-order chi connectivity index (χ1) is 5.33. The summed E-state index contributed by atoms with van der Waals surface area (Å²) in [6.07, 6.45) is 4.28. The Balaban J connectivity index is 2.56. The van der Waals surface area contributed by atoms with Gasteiger partial charge in [-0.15, -0.1) is 0 Å². The molecule has 0 saturated carbocycles. The molecule has 62 valence electrons. The van der Waals surface area contributed by atoms with E-state index < -0.39 is 0 Å². The SMILES string of the molecule is CNCC1=CC(C)=CCNN1. The number of nitrogens with one attached hydrogen (secondary N) is 3. The summed E-state index contributed by atoms with van der Waals surface area (Å²) in [5.74, 6) is 0. The van der Waals surface area contributed by atoms with Gasteiger partial charge in [-0.3, -0.25) is 0 Å². The van der Waals surface area contributed by atoms with Crippen molar-refractivity contribution in [2.75, 3.05) is 20.1 Å². The summed E-state index contributed by atoms with van der Waals surface area (Å²) < 4.78 is 0. The Kier molecular flexibility index (Phi) is 3.14. The fourth-order valence-electron chi connectivity index (χ4n) is 1.03. The highest BCUT2D eigenvalue weighted by Crippen LogP contribution is 1.99. The van der Waals surface area contributed by atoms with Gasteiger partial charge in [-0.1, -0.05) is 11.6 Å². The molecule has 0 aromatic carbocycles. The second-order valence-electron chi connectivity index (χ2n) is 2.65. The molecule has 0 aromatic heterocycles. The summed E-state index contributed by atoms with van der Waals surface area (Å²) in [5.41, 5.74) is 8.67. The smallest absolute Gasteiger partial charge is 0.0402 e. The number of rotatable bonds is 2. The minimum Gasteiger partial charge on any atom is -0.324 e. The van der Waals surface area contributed by atoms with E-state index in [1.807, 2.05) is 7.05 Å². The molecule has 3 N–H and O–H groups in total. The summed E-state index contributed by atoms with van der Waals surface area (Å²) in [6, 6.07) is 0. The maximum Gasteiger partial charge on any atom is 0.0402 e. The standard InChI is InChI=1S/C8H15N3/c1-7-3-4-10-11-8(5-7)6-9-2/h3,5,9-11H,4,6H2,1-2H3. The number of likely N-dealkylation sites (N-methyl/N-ethyl adjacent to an activating group) is 1. The fourth-order valence-corrected chi connectivity index (χ4v) is 1.03. The van der Waals surface area contributed by atoms with Gasteiger partial charge in [0.2, 0.25) is 0 Å². The Morgan fingerprint density at radius 3 is 3.18 bits per heavy atom. The van der Waals surface area contributed by atoms with E-state index in [1.165, 1.54) is 11.3 Å². The molecule has 3 heteroatoms. The largest absolute Gasteiger partial charge is 0.324 e. The van der Waals surface area contributed by atoms with Crippen molar-refractivity contribution in [1.82, 2.24) is 16.2 Å². The Morgan fingerprint density at radius 1 is 1.64 bits per heavy atom. The van der Waals surface area contributed by atoms with Gasteiger partial charge < -0.3 is 10.7 Å². The molecule has 3 nitrogen and oxygen atoms in total. The molecule has 0 unspecified atom stereocenters. The highest BCUT2D eigenvalue weighted by molar-refractivity contribution is 5.23. The summed E-state index contributed by atoms with van der Waals surface area (Å²) >= 11 is 0. The van der Waals surface area contributed by atoms with Crippen LogP contribution in [-0.4, -0.2) is 20.1 Å². The van der Waals surface area contributed by atoms with Crippen LogP contribution in [0.15, 0.2) is 23.4 Å². The molecule has 0 fully saturated rings. The predicted octanol–water partition coefficient (Wildman–Crippen LogP) is 0.144. The number of hydrogen-bond acceptors (Lipinski definition) is 3. The first-order valence-corrected chi connectivity index (χ1v) is 3.83. The number of allylic oxidation sites excluding steroid dienone is 2. The van der Waals surface area contributed by atoms with Crippen molar-refractivity contribution in [3.05, 3.63) is 23.4 Å². The molecule has 1 heterocycles.